The first-order chi connectivity index (χ1) is 10.7. The Balaban J connectivity index is 1.99. The number of fused-ring (bicyclic) bond motifs is 3. The van der Waals surface area contributed by atoms with Crippen molar-refractivity contribution in [3.05, 3.63) is 57.2 Å². The van der Waals surface area contributed by atoms with Gasteiger partial charge in [-0.1, -0.05) is 11.6 Å². The van der Waals surface area contributed by atoms with E-state index in [1.807, 2.05) is 19.1 Å². The van der Waals surface area contributed by atoms with E-state index >= 15 is 0 Å². The molecule has 22 heavy (non-hydrogen) atoms. The van der Waals surface area contributed by atoms with Crippen LogP contribution < -0.4 is 5.56 Å². The summed E-state index contributed by atoms with van der Waals surface area (Å²) in [5.74, 6) is 0.601. The minimum absolute atomic E-state index is 0.0303. The fourth-order valence-electron chi connectivity index (χ4n) is 3.27. The van der Waals surface area contributed by atoms with Gasteiger partial charge in [0, 0.05) is 35.2 Å². The highest BCUT2D eigenvalue weighted by Gasteiger charge is 2.17. The van der Waals surface area contributed by atoms with E-state index in [4.69, 9.17) is 11.6 Å². The Kier molecular flexibility index (Phi) is 3.08. The standard InChI is InChI=1S/C17H16ClN3O/c1-11-14(18)5-7-19-16(11)21-9-6-15-13(17(21)22)10-12-4-2-3-8-20(12)15/h5-7,9-10H,2-4,8H2,1H3. The van der Waals surface area contributed by atoms with Gasteiger partial charge in [0.05, 0.1) is 10.9 Å². The van der Waals surface area contributed by atoms with Gasteiger partial charge in [-0.3, -0.25) is 9.36 Å². The lowest BCUT2D eigenvalue weighted by molar-refractivity contribution is 0.545. The monoisotopic (exact) mass is 313 g/mol. The van der Waals surface area contributed by atoms with Gasteiger partial charge < -0.3 is 4.57 Å². The van der Waals surface area contributed by atoms with Crippen LogP contribution in [0.1, 0.15) is 24.1 Å². The highest BCUT2D eigenvalue weighted by atomic mass is 35.5. The molecule has 3 aromatic heterocycles. The maximum atomic E-state index is 12.9. The van der Waals surface area contributed by atoms with E-state index in [9.17, 15) is 4.79 Å². The number of hydrogen-bond acceptors (Lipinski definition) is 2. The van der Waals surface area contributed by atoms with Gasteiger partial charge in [0.25, 0.3) is 5.56 Å². The molecule has 5 heteroatoms. The summed E-state index contributed by atoms with van der Waals surface area (Å²) < 4.78 is 3.86. The Morgan fingerprint density at radius 1 is 1.27 bits per heavy atom. The second kappa shape index (κ2) is 4.99. The number of rotatable bonds is 1. The number of nitrogens with zero attached hydrogens (tertiary/aromatic N) is 3. The van der Waals surface area contributed by atoms with Crippen molar-refractivity contribution >= 4 is 22.5 Å². The van der Waals surface area contributed by atoms with E-state index < -0.39 is 0 Å². The molecular formula is C17H16ClN3O. The third-order valence-electron chi connectivity index (χ3n) is 4.46. The zero-order valence-corrected chi connectivity index (χ0v) is 13.1. The Hall–Kier alpha value is -2.07. The van der Waals surface area contributed by atoms with Crippen LogP contribution in [0.5, 0.6) is 0 Å². The van der Waals surface area contributed by atoms with Crippen molar-refractivity contribution in [2.45, 2.75) is 32.7 Å². The molecule has 1 aliphatic rings. The molecule has 0 aliphatic carbocycles. The van der Waals surface area contributed by atoms with Crippen molar-refractivity contribution in [3.8, 4) is 5.82 Å². The number of aryl methyl sites for hydroxylation is 2. The van der Waals surface area contributed by atoms with Crippen LogP contribution in [-0.2, 0) is 13.0 Å². The molecule has 0 atom stereocenters. The maximum Gasteiger partial charge on any atom is 0.265 e. The molecule has 0 radical (unpaired) electrons. The lowest BCUT2D eigenvalue weighted by atomic mass is 10.1. The van der Waals surface area contributed by atoms with Gasteiger partial charge >= 0.3 is 0 Å². The van der Waals surface area contributed by atoms with Crippen LogP contribution in [0.3, 0.4) is 0 Å². The zero-order chi connectivity index (χ0) is 15.3. The topological polar surface area (TPSA) is 39.8 Å². The summed E-state index contributed by atoms with van der Waals surface area (Å²) in [4.78, 5) is 17.2. The molecule has 0 amide bonds. The average Bonchev–Trinajstić information content (AvgIpc) is 2.91. The molecule has 112 valence electrons. The highest BCUT2D eigenvalue weighted by molar-refractivity contribution is 6.31. The van der Waals surface area contributed by atoms with Crippen molar-refractivity contribution in [3.63, 3.8) is 0 Å². The first-order valence-electron chi connectivity index (χ1n) is 7.52. The van der Waals surface area contributed by atoms with Crippen molar-refractivity contribution in [2.24, 2.45) is 0 Å². The normalized spacial score (nSPS) is 14.3. The summed E-state index contributed by atoms with van der Waals surface area (Å²) >= 11 is 6.16. The second-order valence-corrected chi connectivity index (χ2v) is 6.18. The Bertz CT molecular complexity index is 939. The molecular weight excluding hydrogens is 298 g/mol. The van der Waals surface area contributed by atoms with Crippen LogP contribution in [-0.4, -0.2) is 14.1 Å². The van der Waals surface area contributed by atoms with Crippen LogP contribution in [0.15, 0.2) is 35.4 Å². The highest BCUT2D eigenvalue weighted by Crippen LogP contribution is 2.24. The number of aromatic nitrogens is 3. The van der Waals surface area contributed by atoms with Crippen LogP contribution >= 0.6 is 11.6 Å². The SMILES string of the molecule is Cc1c(Cl)ccnc1-n1ccc2c(cc3n2CCCC3)c1=O. The van der Waals surface area contributed by atoms with E-state index in [2.05, 4.69) is 9.55 Å². The van der Waals surface area contributed by atoms with E-state index in [1.165, 1.54) is 18.5 Å². The summed E-state index contributed by atoms with van der Waals surface area (Å²) in [6.07, 6.45) is 6.85. The fourth-order valence-corrected chi connectivity index (χ4v) is 3.41. The van der Waals surface area contributed by atoms with Crippen molar-refractivity contribution < 1.29 is 0 Å². The molecule has 0 bridgehead atoms. The minimum Gasteiger partial charge on any atom is -0.344 e. The molecule has 1 aliphatic heterocycles. The van der Waals surface area contributed by atoms with Gasteiger partial charge in [-0.2, -0.15) is 0 Å². The summed E-state index contributed by atoms with van der Waals surface area (Å²) in [5.41, 5.74) is 3.06. The van der Waals surface area contributed by atoms with Gasteiger partial charge in [0.15, 0.2) is 0 Å². The molecule has 0 unspecified atom stereocenters. The molecule has 4 nitrogen and oxygen atoms in total. The van der Waals surface area contributed by atoms with Crippen molar-refractivity contribution in [1.29, 1.82) is 0 Å². The van der Waals surface area contributed by atoms with Gasteiger partial charge in [-0.25, -0.2) is 4.98 Å². The predicted octanol–water partition coefficient (Wildman–Crippen LogP) is 3.49. The molecule has 0 aromatic carbocycles. The molecule has 0 spiro atoms. The largest absolute Gasteiger partial charge is 0.344 e. The van der Waals surface area contributed by atoms with Crippen molar-refractivity contribution in [2.75, 3.05) is 0 Å². The predicted molar refractivity (Wildman–Crippen MR) is 88.0 cm³/mol. The lowest BCUT2D eigenvalue weighted by Crippen LogP contribution is -2.19. The molecule has 4 rings (SSSR count). The molecule has 0 saturated carbocycles. The number of pyridine rings is 2. The van der Waals surface area contributed by atoms with Gasteiger partial charge in [-0.05, 0) is 44.4 Å². The van der Waals surface area contributed by atoms with Crippen LogP contribution in [0, 0.1) is 6.92 Å². The van der Waals surface area contributed by atoms with Crippen molar-refractivity contribution in [1.82, 2.24) is 14.1 Å². The third-order valence-corrected chi connectivity index (χ3v) is 4.87. The number of halogens is 1. The Labute approximate surface area is 133 Å². The number of hydrogen-bond donors (Lipinski definition) is 0. The average molecular weight is 314 g/mol. The molecule has 0 N–H and O–H groups in total. The zero-order valence-electron chi connectivity index (χ0n) is 12.3. The molecule has 0 saturated heterocycles. The van der Waals surface area contributed by atoms with Crippen LogP contribution in [0.25, 0.3) is 16.7 Å². The quantitative estimate of drug-likeness (QED) is 0.690. The second-order valence-electron chi connectivity index (χ2n) is 5.78. The van der Waals surface area contributed by atoms with Gasteiger partial charge in [0.2, 0.25) is 0 Å². The summed E-state index contributed by atoms with van der Waals surface area (Å²) in [5, 5.41) is 1.38. The van der Waals surface area contributed by atoms with Gasteiger partial charge in [-0.15, -0.1) is 0 Å². The Morgan fingerprint density at radius 3 is 3.00 bits per heavy atom. The van der Waals surface area contributed by atoms with Gasteiger partial charge in [0.1, 0.15) is 5.82 Å². The van der Waals surface area contributed by atoms with E-state index in [-0.39, 0.29) is 5.56 Å². The molecule has 0 fully saturated rings. The first kappa shape index (κ1) is 13.6. The fraction of sp³-hybridized carbons (Fsp3) is 0.294. The van der Waals surface area contributed by atoms with E-state index in [1.54, 1.807) is 23.0 Å². The smallest absolute Gasteiger partial charge is 0.265 e. The lowest BCUT2D eigenvalue weighted by Gasteiger charge is -2.15. The molecule has 4 heterocycles. The van der Waals surface area contributed by atoms with E-state index in [0.29, 0.717) is 10.8 Å². The Morgan fingerprint density at radius 2 is 2.14 bits per heavy atom. The minimum atomic E-state index is -0.0303. The third kappa shape index (κ3) is 1.91. The van der Waals surface area contributed by atoms with Crippen LogP contribution in [0.2, 0.25) is 5.02 Å². The first-order valence-corrected chi connectivity index (χ1v) is 7.90. The molecule has 3 aromatic rings. The van der Waals surface area contributed by atoms with E-state index in [0.717, 1.165) is 29.4 Å². The summed E-state index contributed by atoms with van der Waals surface area (Å²) in [7, 11) is 0. The summed E-state index contributed by atoms with van der Waals surface area (Å²) in [6, 6.07) is 5.78. The van der Waals surface area contributed by atoms with Crippen LogP contribution in [0.4, 0.5) is 0 Å². The summed E-state index contributed by atoms with van der Waals surface area (Å²) in [6.45, 7) is 2.88. The maximum absolute atomic E-state index is 12.9.